The number of halogens is 1. The average Bonchev–Trinajstić information content (AvgIpc) is 2.82. The lowest BCUT2D eigenvalue weighted by atomic mass is 10.2. The number of nitrogens with zero attached hydrogens (tertiary/aromatic N) is 2. The Hall–Kier alpha value is -2.22. The normalized spacial score (nSPS) is 11.5. The number of aryl methyl sites for hydroxylation is 2. The van der Waals surface area contributed by atoms with Crippen molar-refractivity contribution >= 4 is 15.8 Å². The topological polar surface area (TPSA) is 89.3 Å². The van der Waals surface area contributed by atoms with Gasteiger partial charge in [0.15, 0.2) is 9.84 Å². The van der Waals surface area contributed by atoms with Gasteiger partial charge in [0.05, 0.1) is 17.5 Å². The largest absolute Gasteiger partial charge is 0.478 e. The zero-order valence-corrected chi connectivity index (χ0v) is 12.0. The molecule has 1 N–H and O–H groups in total. The fourth-order valence-corrected chi connectivity index (χ4v) is 3.20. The molecule has 1 aromatic heterocycles. The summed E-state index contributed by atoms with van der Waals surface area (Å²) in [5.74, 6) is -2.64. The van der Waals surface area contributed by atoms with E-state index in [9.17, 15) is 17.6 Å². The fourth-order valence-electron chi connectivity index (χ4n) is 1.85. The van der Waals surface area contributed by atoms with Crippen molar-refractivity contribution in [1.29, 1.82) is 0 Å². The molecule has 0 aliphatic carbocycles. The third-order valence-corrected chi connectivity index (χ3v) is 4.67. The molecule has 0 fully saturated rings. The van der Waals surface area contributed by atoms with Gasteiger partial charge in [-0.05, 0) is 30.2 Å². The highest BCUT2D eigenvalue weighted by Crippen LogP contribution is 2.18. The van der Waals surface area contributed by atoms with Gasteiger partial charge in [-0.3, -0.25) is 4.68 Å². The summed E-state index contributed by atoms with van der Waals surface area (Å²) in [7, 11) is -2.12. The summed E-state index contributed by atoms with van der Waals surface area (Å²) in [4.78, 5) is 10.2. The van der Waals surface area contributed by atoms with E-state index in [1.54, 1.807) is 24.1 Å². The molecule has 0 spiro atoms. The summed E-state index contributed by atoms with van der Waals surface area (Å²) < 4.78 is 39.5. The standard InChI is InChI=1S/C13H13FN2O4S/c1-16-8-9(7-15-16)4-5-21(19,20)12-3-2-10(13(17)18)6-11(12)14/h2-3,6-8H,4-5H2,1H3,(H,17,18). The number of carboxylic acids is 1. The van der Waals surface area contributed by atoms with Crippen molar-refractivity contribution in [3.63, 3.8) is 0 Å². The SMILES string of the molecule is Cn1cc(CCS(=O)(=O)c2ccc(C(=O)O)cc2F)cn1. The van der Waals surface area contributed by atoms with Crippen LogP contribution in [0.1, 0.15) is 15.9 Å². The van der Waals surface area contributed by atoms with E-state index >= 15 is 0 Å². The van der Waals surface area contributed by atoms with E-state index in [1.807, 2.05) is 0 Å². The number of aromatic nitrogens is 2. The van der Waals surface area contributed by atoms with E-state index in [-0.39, 0.29) is 17.7 Å². The van der Waals surface area contributed by atoms with Gasteiger partial charge in [-0.25, -0.2) is 17.6 Å². The highest BCUT2D eigenvalue weighted by molar-refractivity contribution is 7.91. The van der Waals surface area contributed by atoms with Crippen LogP contribution in [0.2, 0.25) is 0 Å². The second kappa shape index (κ2) is 5.65. The number of carboxylic acid groups (broad SMARTS) is 1. The minimum atomic E-state index is -3.83. The van der Waals surface area contributed by atoms with Crippen LogP contribution in [0.5, 0.6) is 0 Å². The molecule has 0 atom stereocenters. The van der Waals surface area contributed by atoms with Crippen molar-refractivity contribution in [2.75, 3.05) is 5.75 Å². The lowest BCUT2D eigenvalue weighted by Crippen LogP contribution is -2.12. The Labute approximate surface area is 120 Å². The quantitative estimate of drug-likeness (QED) is 0.898. The average molecular weight is 312 g/mol. The van der Waals surface area contributed by atoms with Crippen LogP contribution in [0.4, 0.5) is 4.39 Å². The number of rotatable bonds is 5. The maximum Gasteiger partial charge on any atom is 0.335 e. The van der Waals surface area contributed by atoms with Crippen molar-refractivity contribution in [2.24, 2.45) is 7.05 Å². The first-order valence-corrected chi connectivity index (χ1v) is 7.68. The summed E-state index contributed by atoms with van der Waals surface area (Å²) in [5.41, 5.74) is 0.433. The van der Waals surface area contributed by atoms with Crippen molar-refractivity contribution in [3.05, 3.63) is 47.5 Å². The maximum atomic E-state index is 13.8. The predicted octanol–water partition coefficient (Wildman–Crippen LogP) is 1.27. The van der Waals surface area contributed by atoms with Crippen LogP contribution in [-0.2, 0) is 23.3 Å². The molecule has 0 radical (unpaired) electrons. The van der Waals surface area contributed by atoms with Gasteiger partial charge in [-0.1, -0.05) is 0 Å². The first kappa shape index (κ1) is 15.2. The van der Waals surface area contributed by atoms with Gasteiger partial charge < -0.3 is 5.11 Å². The molecule has 0 aliphatic heterocycles. The van der Waals surface area contributed by atoms with Gasteiger partial charge in [-0.15, -0.1) is 0 Å². The van der Waals surface area contributed by atoms with Crippen LogP contribution in [-0.4, -0.2) is 35.0 Å². The monoisotopic (exact) mass is 312 g/mol. The van der Waals surface area contributed by atoms with E-state index in [0.717, 1.165) is 17.7 Å². The minimum absolute atomic E-state index is 0.205. The highest BCUT2D eigenvalue weighted by Gasteiger charge is 2.20. The van der Waals surface area contributed by atoms with Crippen LogP contribution in [0.25, 0.3) is 0 Å². The molecule has 6 nitrogen and oxygen atoms in total. The van der Waals surface area contributed by atoms with Crippen LogP contribution >= 0.6 is 0 Å². The summed E-state index contributed by atoms with van der Waals surface area (Å²) >= 11 is 0. The number of aromatic carboxylic acids is 1. The molecule has 1 heterocycles. The summed E-state index contributed by atoms with van der Waals surface area (Å²) in [5, 5.41) is 12.7. The van der Waals surface area contributed by atoms with Gasteiger partial charge in [0, 0.05) is 13.2 Å². The van der Waals surface area contributed by atoms with Crippen LogP contribution < -0.4 is 0 Å². The van der Waals surface area contributed by atoms with E-state index in [2.05, 4.69) is 5.10 Å². The summed E-state index contributed by atoms with van der Waals surface area (Å²) in [6, 6.07) is 2.76. The number of hydrogen-bond acceptors (Lipinski definition) is 4. The number of sulfone groups is 1. The van der Waals surface area contributed by atoms with Gasteiger partial charge >= 0.3 is 5.97 Å². The first-order chi connectivity index (χ1) is 9.79. The second-order valence-corrected chi connectivity index (χ2v) is 6.62. The zero-order chi connectivity index (χ0) is 15.6. The Kier molecular flexibility index (Phi) is 4.08. The Morgan fingerprint density at radius 2 is 2.14 bits per heavy atom. The van der Waals surface area contributed by atoms with Gasteiger partial charge in [0.1, 0.15) is 10.7 Å². The summed E-state index contributed by atoms with van der Waals surface area (Å²) in [6.45, 7) is 0. The lowest BCUT2D eigenvalue weighted by Gasteiger charge is -2.06. The fraction of sp³-hybridized carbons (Fsp3) is 0.231. The molecular weight excluding hydrogens is 299 g/mol. The maximum absolute atomic E-state index is 13.8. The number of hydrogen-bond donors (Lipinski definition) is 1. The van der Waals surface area contributed by atoms with Gasteiger partial charge in [0.25, 0.3) is 0 Å². The van der Waals surface area contributed by atoms with Crippen LogP contribution in [0.3, 0.4) is 0 Å². The van der Waals surface area contributed by atoms with Crippen molar-refractivity contribution in [2.45, 2.75) is 11.3 Å². The smallest absolute Gasteiger partial charge is 0.335 e. The molecule has 2 rings (SSSR count). The Bertz CT molecular complexity index is 783. The van der Waals surface area contributed by atoms with E-state index in [0.29, 0.717) is 6.07 Å². The molecule has 0 unspecified atom stereocenters. The van der Waals surface area contributed by atoms with Crippen LogP contribution in [0.15, 0.2) is 35.5 Å². The Morgan fingerprint density at radius 3 is 2.67 bits per heavy atom. The number of benzene rings is 1. The molecule has 0 amide bonds. The second-order valence-electron chi connectivity index (χ2n) is 4.54. The lowest BCUT2D eigenvalue weighted by molar-refractivity contribution is 0.0696. The van der Waals surface area contributed by atoms with Crippen molar-refractivity contribution in [3.8, 4) is 0 Å². The van der Waals surface area contributed by atoms with Gasteiger partial charge in [0.2, 0.25) is 0 Å². The molecular formula is C13H13FN2O4S. The zero-order valence-electron chi connectivity index (χ0n) is 11.2. The molecule has 1 aromatic carbocycles. The molecule has 112 valence electrons. The van der Waals surface area contributed by atoms with E-state index < -0.39 is 26.5 Å². The van der Waals surface area contributed by atoms with E-state index in [4.69, 9.17) is 5.11 Å². The third-order valence-electron chi connectivity index (χ3n) is 2.93. The minimum Gasteiger partial charge on any atom is -0.478 e. The first-order valence-electron chi connectivity index (χ1n) is 6.03. The predicted molar refractivity (Wildman–Crippen MR) is 72.3 cm³/mol. The Balaban J connectivity index is 2.21. The molecule has 0 aliphatic rings. The molecule has 0 bridgehead atoms. The van der Waals surface area contributed by atoms with Crippen LogP contribution in [0, 0.1) is 5.82 Å². The molecule has 2 aromatic rings. The Morgan fingerprint density at radius 1 is 1.43 bits per heavy atom. The highest BCUT2D eigenvalue weighted by atomic mass is 32.2. The van der Waals surface area contributed by atoms with Gasteiger partial charge in [-0.2, -0.15) is 5.10 Å². The number of carbonyl (C=O) groups is 1. The molecule has 21 heavy (non-hydrogen) atoms. The van der Waals surface area contributed by atoms with Crippen molar-refractivity contribution < 1.29 is 22.7 Å². The molecule has 8 heteroatoms. The molecule has 0 saturated carbocycles. The molecule has 0 saturated heterocycles. The van der Waals surface area contributed by atoms with E-state index in [1.165, 1.54) is 0 Å². The third kappa shape index (κ3) is 3.46. The van der Waals surface area contributed by atoms with Crippen molar-refractivity contribution in [1.82, 2.24) is 9.78 Å². The summed E-state index contributed by atoms with van der Waals surface area (Å²) in [6.07, 6.45) is 3.43.